The van der Waals surface area contributed by atoms with Gasteiger partial charge in [-0.3, -0.25) is 0 Å². The molecule has 0 amide bonds. The smallest absolute Gasteiger partial charge is 0.123 e. The maximum atomic E-state index is 12.8. The molecule has 1 aromatic rings. The SMILES string of the molecule is CC(O)C1(C(C)c2ccc(F)cc2)CC1. The first-order chi connectivity index (χ1) is 7.06. The van der Waals surface area contributed by atoms with Gasteiger partial charge in [-0.1, -0.05) is 19.1 Å². The lowest BCUT2D eigenvalue weighted by Gasteiger charge is -2.26. The van der Waals surface area contributed by atoms with Gasteiger partial charge in [-0.05, 0) is 43.4 Å². The van der Waals surface area contributed by atoms with Gasteiger partial charge in [0.2, 0.25) is 0 Å². The minimum absolute atomic E-state index is 0.0395. The second-order valence-electron chi connectivity index (χ2n) is 4.68. The van der Waals surface area contributed by atoms with Crippen molar-refractivity contribution in [1.82, 2.24) is 0 Å². The number of benzene rings is 1. The number of aliphatic hydroxyl groups excluding tert-OH is 1. The minimum atomic E-state index is -0.280. The molecule has 0 aliphatic heterocycles. The fraction of sp³-hybridized carbons (Fsp3) is 0.538. The van der Waals surface area contributed by atoms with Crippen LogP contribution in [0.4, 0.5) is 4.39 Å². The van der Waals surface area contributed by atoms with E-state index in [0.717, 1.165) is 18.4 Å². The maximum absolute atomic E-state index is 12.8. The molecule has 2 heteroatoms. The Kier molecular flexibility index (Phi) is 2.55. The van der Waals surface area contributed by atoms with Crippen LogP contribution < -0.4 is 0 Å². The van der Waals surface area contributed by atoms with Crippen molar-refractivity contribution in [3.05, 3.63) is 35.6 Å². The van der Waals surface area contributed by atoms with Gasteiger partial charge in [0.05, 0.1) is 6.10 Å². The van der Waals surface area contributed by atoms with E-state index in [0.29, 0.717) is 5.92 Å². The second kappa shape index (κ2) is 3.60. The van der Waals surface area contributed by atoms with Crippen LogP contribution in [0.1, 0.15) is 38.2 Å². The van der Waals surface area contributed by atoms with Crippen LogP contribution in [0.15, 0.2) is 24.3 Å². The predicted molar refractivity (Wildman–Crippen MR) is 58.2 cm³/mol. The van der Waals surface area contributed by atoms with Gasteiger partial charge in [0.25, 0.3) is 0 Å². The van der Waals surface area contributed by atoms with Crippen molar-refractivity contribution in [2.75, 3.05) is 0 Å². The third kappa shape index (κ3) is 1.78. The summed E-state index contributed by atoms with van der Waals surface area (Å²) in [6.07, 6.45) is 1.87. The van der Waals surface area contributed by atoms with Crippen LogP contribution in [-0.4, -0.2) is 11.2 Å². The lowest BCUT2D eigenvalue weighted by Crippen LogP contribution is -2.24. The van der Waals surface area contributed by atoms with Gasteiger partial charge < -0.3 is 5.11 Å². The Morgan fingerprint density at radius 2 is 1.73 bits per heavy atom. The van der Waals surface area contributed by atoms with Crippen LogP contribution in [0.3, 0.4) is 0 Å². The summed E-state index contributed by atoms with van der Waals surface area (Å²) in [5.41, 5.74) is 1.16. The quantitative estimate of drug-likeness (QED) is 0.809. The van der Waals surface area contributed by atoms with Gasteiger partial charge in [0.1, 0.15) is 5.82 Å². The van der Waals surface area contributed by atoms with Crippen molar-refractivity contribution in [3.63, 3.8) is 0 Å². The predicted octanol–water partition coefficient (Wildman–Crippen LogP) is 3.09. The van der Waals surface area contributed by atoms with Crippen LogP contribution in [-0.2, 0) is 0 Å². The van der Waals surface area contributed by atoms with Crippen molar-refractivity contribution in [3.8, 4) is 0 Å². The van der Waals surface area contributed by atoms with Crippen LogP contribution in [0.5, 0.6) is 0 Å². The van der Waals surface area contributed by atoms with E-state index in [9.17, 15) is 9.50 Å². The molecule has 2 rings (SSSR count). The third-order valence-corrected chi connectivity index (χ3v) is 3.89. The summed E-state index contributed by atoms with van der Waals surface area (Å²) in [5.74, 6) is 0.103. The molecule has 82 valence electrons. The van der Waals surface area contributed by atoms with Crippen molar-refractivity contribution >= 4 is 0 Å². The largest absolute Gasteiger partial charge is 0.393 e. The zero-order chi connectivity index (χ0) is 11.1. The molecule has 1 aliphatic rings. The van der Waals surface area contributed by atoms with Crippen LogP contribution in [0, 0.1) is 11.2 Å². The molecular weight excluding hydrogens is 191 g/mol. The molecule has 15 heavy (non-hydrogen) atoms. The lowest BCUT2D eigenvalue weighted by atomic mass is 9.81. The first-order valence-corrected chi connectivity index (χ1v) is 5.50. The maximum Gasteiger partial charge on any atom is 0.123 e. The average molecular weight is 208 g/mol. The summed E-state index contributed by atoms with van der Waals surface area (Å²) in [5, 5.41) is 9.75. The molecule has 1 nitrogen and oxygen atoms in total. The van der Waals surface area contributed by atoms with Crippen molar-refractivity contribution in [1.29, 1.82) is 0 Å². The fourth-order valence-electron chi connectivity index (χ4n) is 2.44. The van der Waals surface area contributed by atoms with E-state index in [4.69, 9.17) is 0 Å². The molecule has 1 N–H and O–H groups in total. The van der Waals surface area contributed by atoms with E-state index in [1.807, 2.05) is 19.1 Å². The number of halogens is 1. The molecule has 0 spiro atoms. The lowest BCUT2D eigenvalue weighted by molar-refractivity contribution is 0.0953. The highest BCUT2D eigenvalue weighted by molar-refractivity contribution is 5.25. The molecule has 0 heterocycles. The monoisotopic (exact) mass is 208 g/mol. The third-order valence-electron chi connectivity index (χ3n) is 3.89. The average Bonchev–Trinajstić information content (AvgIpc) is 2.98. The molecule has 1 saturated carbocycles. The number of hydrogen-bond acceptors (Lipinski definition) is 1. The van der Waals surface area contributed by atoms with Crippen LogP contribution in [0.2, 0.25) is 0 Å². The van der Waals surface area contributed by atoms with Gasteiger partial charge in [0, 0.05) is 5.41 Å². The number of rotatable bonds is 3. The summed E-state index contributed by atoms with van der Waals surface area (Å²) in [6, 6.07) is 6.62. The number of hydrogen-bond donors (Lipinski definition) is 1. The molecule has 1 aromatic carbocycles. The Morgan fingerprint density at radius 1 is 1.20 bits per heavy atom. The minimum Gasteiger partial charge on any atom is -0.393 e. The molecule has 2 unspecified atom stereocenters. The Balaban J connectivity index is 2.21. The molecule has 1 aliphatic carbocycles. The summed E-state index contributed by atoms with van der Waals surface area (Å²) >= 11 is 0. The highest BCUT2D eigenvalue weighted by Gasteiger charge is 2.51. The number of aliphatic hydroxyl groups is 1. The summed E-state index contributed by atoms with van der Waals surface area (Å²) in [7, 11) is 0. The topological polar surface area (TPSA) is 20.2 Å². The fourth-order valence-corrected chi connectivity index (χ4v) is 2.44. The first kappa shape index (κ1) is 10.6. The molecule has 0 bridgehead atoms. The van der Waals surface area contributed by atoms with E-state index in [1.54, 1.807) is 0 Å². The zero-order valence-corrected chi connectivity index (χ0v) is 9.20. The molecule has 0 aromatic heterocycles. The van der Waals surface area contributed by atoms with E-state index in [2.05, 4.69) is 6.92 Å². The van der Waals surface area contributed by atoms with Crippen molar-refractivity contribution in [2.45, 2.75) is 38.7 Å². The van der Waals surface area contributed by atoms with E-state index < -0.39 is 0 Å². The first-order valence-electron chi connectivity index (χ1n) is 5.50. The van der Waals surface area contributed by atoms with Crippen molar-refractivity contribution < 1.29 is 9.50 Å². The van der Waals surface area contributed by atoms with Crippen LogP contribution >= 0.6 is 0 Å². The van der Waals surface area contributed by atoms with E-state index in [1.165, 1.54) is 12.1 Å². The summed E-state index contributed by atoms with van der Waals surface area (Å²) < 4.78 is 12.8. The Labute approximate surface area is 89.9 Å². The normalized spacial score (nSPS) is 22.1. The van der Waals surface area contributed by atoms with E-state index >= 15 is 0 Å². The van der Waals surface area contributed by atoms with Gasteiger partial charge in [-0.2, -0.15) is 0 Å². The molecular formula is C13H17FO. The van der Waals surface area contributed by atoms with Gasteiger partial charge >= 0.3 is 0 Å². The molecule has 2 atom stereocenters. The molecule has 0 radical (unpaired) electrons. The van der Waals surface area contributed by atoms with Gasteiger partial charge in [-0.15, -0.1) is 0 Å². The van der Waals surface area contributed by atoms with Crippen LogP contribution in [0.25, 0.3) is 0 Å². The standard InChI is InChI=1S/C13H17FO/c1-9(13(7-8-13)10(2)15)11-3-5-12(14)6-4-11/h3-6,9-10,15H,7-8H2,1-2H3. The second-order valence-corrected chi connectivity index (χ2v) is 4.68. The van der Waals surface area contributed by atoms with Gasteiger partial charge in [-0.25, -0.2) is 4.39 Å². The Hall–Kier alpha value is -0.890. The Morgan fingerprint density at radius 3 is 2.13 bits per heavy atom. The summed E-state index contributed by atoms with van der Waals surface area (Å²) in [4.78, 5) is 0. The molecule has 0 saturated heterocycles. The zero-order valence-electron chi connectivity index (χ0n) is 9.20. The summed E-state index contributed by atoms with van der Waals surface area (Å²) in [6.45, 7) is 3.97. The molecule has 1 fully saturated rings. The van der Waals surface area contributed by atoms with E-state index in [-0.39, 0.29) is 17.3 Å². The Bertz CT molecular complexity index is 338. The van der Waals surface area contributed by atoms with Gasteiger partial charge in [0.15, 0.2) is 0 Å². The van der Waals surface area contributed by atoms with Crippen molar-refractivity contribution in [2.24, 2.45) is 5.41 Å². The highest BCUT2D eigenvalue weighted by Crippen LogP contribution is 2.58. The highest BCUT2D eigenvalue weighted by atomic mass is 19.1.